The SMILES string of the molecule is CC(C)(N)CCC(=O)NC1CC2CC1C1CCCC21. The lowest BCUT2D eigenvalue weighted by Gasteiger charge is -2.32. The smallest absolute Gasteiger partial charge is 0.220 e. The minimum Gasteiger partial charge on any atom is -0.353 e. The highest BCUT2D eigenvalue weighted by Gasteiger charge is 2.53. The number of hydrogen-bond donors (Lipinski definition) is 2. The van der Waals surface area contributed by atoms with Gasteiger partial charge in [0.2, 0.25) is 5.91 Å². The van der Waals surface area contributed by atoms with E-state index in [4.69, 9.17) is 5.73 Å². The fourth-order valence-electron chi connectivity index (χ4n) is 4.95. The molecule has 0 spiro atoms. The number of carbonyl (C=O) groups excluding carboxylic acids is 1. The fourth-order valence-corrected chi connectivity index (χ4v) is 4.95. The molecule has 0 aliphatic heterocycles. The van der Waals surface area contributed by atoms with Gasteiger partial charge in [0.1, 0.15) is 0 Å². The normalized spacial score (nSPS) is 40.5. The Bertz CT molecular complexity index is 360. The molecule has 0 aromatic carbocycles. The predicted octanol–water partition coefficient (Wildman–Crippen LogP) is 2.44. The Morgan fingerprint density at radius 1 is 1.21 bits per heavy atom. The summed E-state index contributed by atoms with van der Waals surface area (Å²) < 4.78 is 0. The molecule has 3 saturated carbocycles. The summed E-state index contributed by atoms with van der Waals surface area (Å²) in [6.07, 6.45) is 8.25. The molecule has 3 aliphatic rings. The molecule has 0 aromatic heterocycles. The summed E-state index contributed by atoms with van der Waals surface area (Å²) in [4.78, 5) is 12.0. The van der Waals surface area contributed by atoms with Crippen molar-refractivity contribution < 1.29 is 4.79 Å². The molecule has 0 radical (unpaired) electrons. The van der Waals surface area contributed by atoms with Crippen LogP contribution >= 0.6 is 0 Å². The second-order valence-corrected chi connectivity index (χ2v) is 7.82. The molecule has 3 aliphatic carbocycles. The third kappa shape index (κ3) is 2.67. The van der Waals surface area contributed by atoms with Gasteiger partial charge in [0.05, 0.1) is 0 Å². The van der Waals surface area contributed by atoms with E-state index in [9.17, 15) is 4.79 Å². The zero-order valence-corrected chi connectivity index (χ0v) is 12.3. The quantitative estimate of drug-likeness (QED) is 0.819. The lowest BCUT2D eigenvalue weighted by molar-refractivity contribution is -0.122. The fraction of sp³-hybridized carbons (Fsp3) is 0.938. The van der Waals surface area contributed by atoms with E-state index >= 15 is 0 Å². The minimum absolute atomic E-state index is 0.214. The van der Waals surface area contributed by atoms with E-state index in [1.807, 2.05) is 13.8 Å². The maximum absolute atomic E-state index is 12.0. The van der Waals surface area contributed by atoms with Crippen LogP contribution in [0.3, 0.4) is 0 Å². The topological polar surface area (TPSA) is 55.1 Å². The molecule has 1 amide bonds. The van der Waals surface area contributed by atoms with Gasteiger partial charge < -0.3 is 11.1 Å². The van der Waals surface area contributed by atoms with Crippen molar-refractivity contribution in [3.63, 3.8) is 0 Å². The lowest BCUT2D eigenvalue weighted by atomic mass is 9.79. The minimum atomic E-state index is -0.234. The Balaban J connectivity index is 1.51. The van der Waals surface area contributed by atoms with Crippen molar-refractivity contribution in [3.05, 3.63) is 0 Å². The summed E-state index contributed by atoms with van der Waals surface area (Å²) >= 11 is 0. The third-order valence-corrected chi connectivity index (χ3v) is 5.77. The summed E-state index contributed by atoms with van der Waals surface area (Å²) in [7, 11) is 0. The van der Waals surface area contributed by atoms with Crippen molar-refractivity contribution in [2.75, 3.05) is 0 Å². The van der Waals surface area contributed by atoms with Gasteiger partial charge >= 0.3 is 0 Å². The molecule has 19 heavy (non-hydrogen) atoms. The van der Waals surface area contributed by atoms with Gasteiger partial charge in [-0.15, -0.1) is 0 Å². The van der Waals surface area contributed by atoms with Crippen molar-refractivity contribution in [3.8, 4) is 0 Å². The number of hydrogen-bond acceptors (Lipinski definition) is 2. The number of nitrogens with two attached hydrogens (primary N) is 1. The number of rotatable bonds is 4. The molecule has 108 valence electrons. The van der Waals surface area contributed by atoms with Crippen LogP contribution in [0.15, 0.2) is 0 Å². The Morgan fingerprint density at radius 2 is 1.95 bits per heavy atom. The maximum Gasteiger partial charge on any atom is 0.220 e. The molecule has 3 rings (SSSR count). The van der Waals surface area contributed by atoms with Crippen molar-refractivity contribution in [2.45, 2.75) is 70.4 Å². The Hall–Kier alpha value is -0.570. The van der Waals surface area contributed by atoms with Gasteiger partial charge in [0, 0.05) is 18.0 Å². The highest BCUT2D eigenvalue weighted by molar-refractivity contribution is 5.76. The highest BCUT2D eigenvalue weighted by atomic mass is 16.1. The van der Waals surface area contributed by atoms with Crippen molar-refractivity contribution >= 4 is 5.91 Å². The molecule has 0 heterocycles. The number of carbonyl (C=O) groups is 1. The summed E-state index contributed by atoms with van der Waals surface area (Å²) in [6, 6.07) is 0.470. The van der Waals surface area contributed by atoms with E-state index in [1.54, 1.807) is 0 Å². The monoisotopic (exact) mass is 264 g/mol. The molecule has 2 bridgehead atoms. The van der Waals surface area contributed by atoms with Gasteiger partial charge in [-0.25, -0.2) is 0 Å². The zero-order valence-electron chi connectivity index (χ0n) is 12.3. The second kappa shape index (κ2) is 4.76. The molecule has 0 saturated heterocycles. The van der Waals surface area contributed by atoms with E-state index in [2.05, 4.69) is 5.32 Å². The molecule has 3 N–H and O–H groups in total. The molecular formula is C16H28N2O. The molecule has 3 fully saturated rings. The lowest BCUT2D eigenvalue weighted by Crippen LogP contribution is -2.43. The van der Waals surface area contributed by atoms with E-state index in [1.165, 1.54) is 32.1 Å². The standard InChI is InChI=1S/C16H28N2O/c1-16(2,17)7-6-15(19)18-14-9-10-8-13(14)12-5-3-4-11(10)12/h10-14H,3-9,17H2,1-2H3,(H,18,19). The molecule has 5 atom stereocenters. The van der Waals surface area contributed by atoms with Crippen LogP contribution in [0.1, 0.15) is 58.8 Å². The van der Waals surface area contributed by atoms with Gasteiger partial charge in [0.15, 0.2) is 0 Å². The van der Waals surface area contributed by atoms with Crippen molar-refractivity contribution in [1.29, 1.82) is 0 Å². The molecule has 0 aromatic rings. The Labute approximate surface area is 116 Å². The van der Waals surface area contributed by atoms with Gasteiger partial charge in [-0.3, -0.25) is 4.79 Å². The first kappa shape index (κ1) is 13.4. The molecule has 5 unspecified atom stereocenters. The van der Waals surface area contributed by atoms with Gasteiger partial charge in [-0.2, -0.15) is 0 Å². The number of amides is 1. The van der Waals surface area contributed by atoms with Crippen LogP contribution < -0.4 is 11.1 Å². The van der Waals surface area contributed by atoms with Crippen LogP contribution in [0, 0.1) is 23.7 Å². The van der Waals surface area contributed by atoms with E-state index in [0.29, 0.717) is 12.5 Å². The van der Waals surface area contributed by atoms with Crippen molar-refractivity contribution in [2.24, 2.45) is 29.4 Å². The summed E-state index contributed by atoms with van der Waals surface area (Å²) in [5.74, 6) is 3.84. The number of nitrogens with one attached hydrogen (secondary N) is 1. The maximum atomic E-state index is 12.0. The van der Waals surface area contributed by atoms with Crippen LogP contribution in [0.5, 0.6) is 0 Å². The summed E-state index contributed by atoms with van der Waals surface area (Å²) in [6.45, 7) is 3.97. The Morgan fingerprint density at radius 3 is 2.68 bits per heavy atom. The first-order chi connectivity index (χ1) is 8.94. The predicted molar refractivity (Wildman–Crippen MR) is 76.5 cm³/mol. The number of fused-ring (bicyclic) bond motifs is 5. The summed E-state index contributed by atoms with van der Waals surface area (Å²) in [5.41, 5.74) is 5.71. The van der Waals surface area contributed by atoms with Crippen LogP contribution in [0.4, 0.5) is 0 Å². The van der Waals surface area contributed by atoms with Gasteiger partial charge in [-0.1, -0.05) is 6.42 Å². The van der Waals surface area contributed by atoms with E-state index < -0.39 is 0 Å². The van der Waals surface area contributed by atoms with Gasteiger partial charge in [0.25, 0.3) is 0 Å². The van der Waals surface area contributed by atoms with Crippen LogP contribution in [0.2, 0.25) is 0 Å². The van der Waals surface area contributed by atoms with Crippen LogP contribution in [0.25, 0.3) is 0 Å². The molecule has 3 nitrogen and oxygen atoms in total. The third-order valence-electron chi connectivity index (χ3n) is 5.77. The first-order valence-electron chi connectivity index (χ1n) is 8.02. The van der Waals surface area contributed by atoms with Crippen LogP contribution in [-0.2, 0) is 4.79 Å². The van der Waals surface area contributed by atoms with Crippen molar-refractivity contribution in [1.82, 2.24) is 5.32 Å². The van der Waals surface area contributed by atoms with Gasteiger partial charge in [-0.05, 0) is 69.6 Å². The largest absolute Gasteiger partial charge is 0.353 e. The first-order valence-corrected chi connectivity index (χ1v) is 8.02. The average Bonchev–Trinajstić information content (AvgIpc) is 2.96. The zero-order chi connectivity index (χ0) is 13.6. The van der Waals surface area contributed by atoms with E-state index in [-0.39, 0.29) is 11.4 Å². The average molecular weight is 264 g/mol. The molecular weight excluding hydrogens is 236 g/mol. The molecule has 3 heteroatoms. The Kier molecular flexibility index (Phi) is 3.36. The highest BCUT2D eigenvalue weighted by Crippen LogP contribution is 2.58. The van der Waals surface area contributed by atoms with Crippen LogP contribution in [-0.4, -0.2) is 17.5 Å². The summed E-state index contributed by atoms with van der Waals surface area (Å²) in [5, 5.41) is 3.30. The second-order valence-electron chi connectivity index (χ2n) is 7.82. The van der Waals surface area contributed by atoms with E-state index in [0.717, 1.165) is 30.1 Å².